The van der Waals surface area contributed by atoms with E-state index in [1.165, 1.54) is 32.1 Å². The second-order valence-corrected chi connectivity index (χ2v) is 5.33. The lowest BCUT2D eigenvalue weighted by Crippen LogP contribution is -2.17. The number of ether oxygens (including phenoxy) is 1. The molecule has 1 aliphatic carbocycles. The monoisotopic (exact) mass is 264 g/mol. The standard InChI is InChI=1S/C14H20N2OS/c15-14(18)13-12(7-4-8-16-13)10-17-9-11-5-2-1-3-6-11/h4,7-8,11H,1-3,5-6,9-10H2,(H2,15,18). The number of rotatable bonds is 5. The minimum atomic E-state index is 0.340. The van der Waals surface area contributed by atoms with Crippen molar-refractivity contribution < 1.29 is 4.74 Å². The smallest absolute Gasteiger partial charge is 0.123 e. The van der Waals surface area contributed by atoms with Gasteiger partial charge in [0.25, 0.3) is 0 Å². The molecule has 1 fully saturated rings. The topological polar surface area (TPSA) is 48.1 Å². The normalized spacial score (nSPS) is 16.7. The molecular formula is C14H20N2OS. The summed E-state index contributed by atoms with van der Waals surface area (Å²) in [5.74, 6) is 0.726. The van der Waals surface area contributed by atoms with Crippen LogP contribution in [0.25, 0.3) is 0 Å². The van der Waals surface area contributed by atoms with Crippen LogP contribution in [0.3, 0.4) is 0 Å². The van der Waals surface area contributed by atoms with Gasteiger partial charge < -0.3 is 10.5 Å². The zero-order valence-electron chi connectivity index (χ0n) is 10.6. The summed E-state index contributed by atoms with van der Waals surface area (Å²) in [6.45, 7) is 1.39. The van der Waals surface area contributed by atoms with E-state index in [1.54, 1.807) is 6.20 Å². The molecule has 0 radical (unpaired) electrons. The maximum atomic E-state index is 5.79. The van der Waals surface area contributed by atoms with Gasteiger partial charge in [0, 0.05) is 18.4 Å². The van der Waals surface area contributed by atoms with Crippen molar-refractivity contribution >= 4 is 17.2 Å². The van der Waals surface area contributed by atoms with Gasteiger partial charge in [-0.3, -0.25) is 4.98 Å². The highest BCUT2D eigenvalue weighted by molar-refractivity contribution is 7.80. The predicted molar refractivity (Wildman–Crippen MR) is 76.4 cm³/mol. The van der Waals surface area contributed by atoms with Crippen molar-refractivity contribution in [2.45, 2.75) is 38.7 Å². The maximum absolute atomic E-state index is 5.79. The van der Waals surface area contributed by atoms with E-state index in [0.717, 1.165) is 18.1 Å². The Labute approximate surface area is 114 Å². The number of hydrogen-bond donors (Lipinski definition) is 1. The van der Waals surface area contributed by atoms with Crippen LogP contribution in [0.2, 0.25) is 0 Å². The minimum Gasteiger partial charge on any atom is -0.388 e. The van der Waals surface area contributed by atoms with Gasteiger partial charge in [0.15, 0.2) is 0 Å². The third kappa shape index (κ3) is 3.75. The van der Waals surface area contributed by atoms with Gasteiger partial charge in [-0.2, -0.15) is 0 Å². The fourth-order valence-corrected chi connectivity index (χ4v) is 2.65. The van der Waals surface area contributed by atoms with Gasteiger partial charge in [-0.1, -0.05) is 37.5 Å². The van der Waals surface area contributed by atoms with Gasteiger partial charge in [-0.25, -0.2) is 0 Å². The summed E-state index contributed by atoms with van der Waals surface area (Å²) in [4.78, 5) is 4.54. The molecule has 0 atom stereocenters. The molecule has 1 aliphatic rings. The zero-order chi connectivity index (χ0) is 12.8. The fourth-order valence-electron chi connectivity index (χ4n) is 2.47. The number of hydrogen-bond acceptors (Lipinski definition) is 3. The van der Waals surface area contributed by atoms with E-state index >= 15 is 0 Å². The van der Waals surface area contributed by atoms with Crippen LogP contribution in [0, 0.1) is 5.92 Å². The Morgan fingerprint density at radius 3 is 2.89 bits per heavy atom. The van der Waals surface area contributed by atoms with Gasteiger partial charge in [0.05, 0.1) is 6.61 Å². The van der Waals surface area contributed by atoms with E-state index in [4.69, 9.17) is 22.7 Å². The molecule has 2 N–H and O–H groups in total. The number of thiocarbonyl (C=S) groups is 1. The molecule has 18 heavy (non-hydrogen) atoms. The summed E-state index contributed by atoms with van der Waals surface area (Å²) in [5, 5.41) is 0. The molecule has 4 heteroatoms. The lowest BCUT2D eigenvalue weighted by atomic mass is 9.90. The van der Waals surface area contributed by atoms with Crippen LogP contribution in [0.5, 0.6) is 0 Å². The van der Waals surface area contributed by atoms with E-state index in [1.807, 2.05) is 12.1 Å². The van der Waals surface area contributed by atoms with Gasteiger partial charge in [-0.05, 0) is 24.8 Å². The fraction of sp³-hybridized carbons (Fsp3) is 0.571. The number of nitrogens with two attached hydrogens (primary N) is 1. The second-order valence-electron chi connectivity index (χ2n) is 4.89. The van der Waals surface area contributed by atoms with Crippen LogP contribution >= 0.6 is 12.2 Å². The average Bonchev–Trinajstić information content (AvgIpc) is 2.40. The molecule has 1 heterocycles. The first-order chi connectivity index (χ1) is 8.77. The quantitative estimate of drug-likeness (QED) is 0.831. The summed E-state index contributed by atoms with van der Waals surface area (Å²) >= 11 is 4.98. The second kappa shape index (κ2) is 6.81. The molecule has 98 valence electrons. The lowest BCUT2D eigenvalue weighted by molar-refractivity contribution is 0.0737. The van der Waals surface area contributed by atoms with Crippen LogP contribution in [-0.4, -0.2) is 16.6 Å². The van der Waals surface area contributed by atoms with Crippen LogP contribution in [0.15, 0.2) is 18.3 Å². The highest BCUT2D eigenvalue weighted by Gasteiger charge is 2.14. The predicted octanol–water partition coefficient (Wildman–Crippen LogP) is 2.81. The lowest BCUT2D eigenvalue weighted by Gasteiger charge is -2.21. The van der Waals surface area contributed by atoms with Crippen molar-refractivity contribution in [3.05, 3.63) is 29.6 Å². The van der Waals surface area contributed by atoms with Crippen molar-refractivity contribution in [2.75, 3.05) is 6.61 Å². The van der Waals surface area contributed by atoms with Gasteiger partial charge in [0.2, 0.25) is 0 Å². The molecule has 1 aromatic rings. The summed E-state index contributed by atoms with van der Waals surface area (Å²) in [6.07, 6.45) is 8.38. The third-order valence-electron chi connectivity index (χ3n) is 3.46. The highest BCUT2D eigenvalue weighted by atomic mass is 32.1. The molecule has 0 unspecified atom stereocenters. The van der Waals surface area contributed by atoms with Crippen molar-refractivity contribution in [1.82, 2.24) is 4.98 Å². The van der Waals surface area contributed by atoms with Gasteiger partial charge in [-0.15, -0.1) is 0 Å². The van der Waals surface area contributed by atoms with E-state index in [2.05, 4.69) is 4.98 Å². The summed E-state index contributed by atoms with van der Waals surface area (Å²) in [7, 11) is 0. The Morgan fingerprint density at radius 2 is 2.17 bits per heavy atom. The Morgan fingerprint density at radius 1 is 1.39 bits per heavy atom. The van der Waals surface area contributed by atoms with Crippen LogP contribution in [0.4, 0.5) is 0 Å². The molecule has 2 rings (SSSR count). The van der Waals surface area contributed by atoms with Gasteiger partial charge >= 0.3 is 0 Å². The highest BCUT2D eigenvalue weighted by Crippen LogP contribution is 2.24. The average molecular weight is 264 g/mol. The van der Waals surface area contributed by atoms with Crippen molar-refractivity contribution in [2.24, 2.45) is 11.7 Å². The van der Waals surface area contributed by atoms with E-state index in [9.17, 15) is 0 Å². The molecule has 0 bridgehead atoms. The summed E-state index contributed by atoms with van der Waals surface area (Å²) in [5.41, 5.74) is 7.32. The van der Waals surface area contributed by atoms with Crippen molar-refractivity contribution in [1.29, 1.82) is 0 Å². The Hall–Kier alpha value is -1.00. The molecule has 0 amide bonds. The zero-order valence-corrected chi connectivity index (χ0v) is 11.4. The van der Waals surface area contributed by atoms with Gasteiger partial charge in [0.1, 0.15) is 10.7 Å². The maximum Gasteiger partial charge on any atom is 0.123 e. The minimum absolute atomic E-state index is 0.340. The molecule has 0 aromatic carbocycles. The summed E-state index contributed by atoms with van der Waals surface area (Å²) in [6, 6.07) is 3.86. The van der Waals surface area contributed by atoms with Crippen molar-refractivity contribution in [3.8, 4) is 0 Å². The van der Waals surface area contributed by atoms with E-state index in [-0.39, 0.29) is 0 Å². The molecule has 3 nitrogen and oxygen atoms in total. The first-order valence-electron chi connectivity index (χ1n) is 6.59. The SMILES string of the molecule is NC(=S)c1ncccc1COCC1CCCCC1. The molecular weight excluding hydrogens is 244 g/mol. The largest absolute Gasteiger partial charge is 0.388 e. The molecule has 0 aliphatic heterocycles. The Balaban J connectivity index is 1.84. The first-order valence-corrected chi connectivity index (χ1v) is 6.99. The first kappa shape index (κ1) is 13.4. The van der Waals surface area contributed by atoms with Crippen LogP contribution in [-0.2, 0) is 11.3 Å². The molecule has 1 aromatic heterocycles. The van der Waals surface area contributed by atoms with E-state index < -0.39 is 0 Å². The number of aromatic nitrogens is 1. The third-order valence-corrected chi connectivity index (χ3v) is 3.65. The number of nitrogens with zero attached hydrogens (tertiary/aromatic N) is 1. The molecule has 1 saturated carbocycles. The Bertz CT molecular complexity index is 403. The Kier molecular flexibility index (Phi) is 5.08. The molecule has 0 spiro atoms. The van der Waals surface area contributed by atoms with Crippen LogP contribution < -0.4 is 5.73 Å². The van der Waals surface area contributed by atoms with E-state index in [0.29, 0.717) is 17.3 Å². The van der Waals surface area contributed by atoms with Crippen LogP contribution in [0.1, 0.15) is 43.4 Å². The molecule has 0 saturated heterocycles. The van der Waals surface area contributed by atoms with Crippen molar-refractivity contribution in [3.63, 3.8) is 0 Å². The number of pyridine rings is 1. The summed E-state index contributed by atoms with van der Waals surface area (Å²) < 4.78 is 5.79.